The third kappa shape index (κ3) is 5.12. The van der Waals surface area contributed by atoms with Crippen LogP contribution in [0.2, 0.25) is 0 Å². The lowest BCUT2D eigenvalue weighted by molar-refractivity contribution is -0.0566. The summed E-state index contributed by atoms with van der Waals surface area (Å²) in [5, 5.41) is 4.15. The summed E-state index contributed by atoms with van der Waals surface area (Å²) in [5.74, 6) is -2.05. The van der Waals surface area contributed by atoms with E-state index in [0.29, 0.717) is 37.8 Å². The third-order valence-electron chi connectivity index (χ3n) is 5.99. The Morgan fingerprint density at radius 1 is 1.12 bits per heavy atom. The molecule has 1 N–H and O–H groups in total. The molecule has 170 valence electrons. The number of hydrogen-bond donors (Lipinski definition) is 1. The van der Waals surface area contributed by atoms with Gasteiger partial charge < -0.3 is 5.32 Å². The third-order valence-corrected chi connectivity index (χ3v) is 5.99. The molecular weight excluding hydrogens is 412 g/mol. The van der Waals surface area contributed by atoms with E-state index in [-0.39, 0.29) is 24.4 Å². The molecule has 32 heavy (non-hydrogen) atoms. The molecule has 3 aromatic rings. The number of fused-ring (bicyclic) bond motifs is 1. The first-order valence-corrected chi connectivity index (χ1v) is 11.2. The van der Waals surface area contributed by atoms with Crippen molar-refractivity contribution in [3.63, 3.8) is 0 Å². The van der Waals surface area contributed by atoms with Crippen molar-refractivity contribution in [3.05, 3.63) is 64.1 Å². The minimum atomic E-state index is -2.52. The van der Waals surface area contributed by atoms with Gasteiger partial charge in [0.05, 0.1) is 6.04 Å². The second kappa shape index (κ2) is 9.32. The average molecular weight is 442 g/mol. The molecule has 1 saturated heterocycles. The van der Waals surface area contributed by atoms with Gasteiger partial charge in [-0.15, -0.1) is 0 Å². The molecule has 4 rings (SSSR count). The van der Waals surface area contributed by atoms with E-state index < -0.39 is 5.92 Å². The molecule has 0 bridgehead atoms. The van der Waals surface area contributed by atoms with Crippen molar-refractivity contribution in [2.45, 2.75) is 58.2 Å². The Kier molecular flexibility index (Phi) is 6.50. The van der Waals surface area contributed by atoms with Crippen LogP contribution in [0.25, 0.3) is 11.0 Å². The van der Waals surface area contributed by atoms with Crippen LogP contribution in [0.15, 0.2) is 47.4 Å². The number of piperidine rings is 1. The van der Waals surface area contributed by atoms with E-state index in [1.807, 2.05) is 38.1 Å². The maximum atomic E-state index is 13.3. The van der Waals surface area contributed by atoms with Crippen molar-refractivity contribution in [2.24, 2.45) is 0 Å². The quantitative estimate of drug-likeness (QED) is 0.580. The standard InChI is InChI=1S/C24H29F2N5O/c1-3-12-31-21(32)9-8-20-15-27-23(29-22(20)31)28-17(2)19-6-4-18(5-7-19)16-30-13-10-24(25,26)11-14-30/h4-9,15,17H,3,10-14,16H2,1-2H3,(H,27,28,29)/t17-/m0/s1. The van der Waals surface area contributed by atoms with Gasteiger partial charge in [0.15, 0.2) is 0 Å². The van der Waals surface area contributed by atoms with E-state index in [1.54, 1.807) is 22.9 Å². The number of anilines is 1. The summed E-state index contributed by atoms with van der Waals surface area (Å²) in [6.07, 6.45) is 2.44. The van der Waals surface area contributed by atoms with E-state index in [1.165, 1.54) is 0 Å². The Hall–Kier alpha value is -2.87. The van der Waals surface area contributed by atoms with E-state index >= 15 is 0 Å². The zero-order chi connectivity index (χ0) is 22.7. The van der Waals surface area contributed by atoms with E-state index in [9.17, 15) is 13.6 Å². The number of hydrogen-bond acceptors (Lipinski definition) is 5. The number of halogens is 2. The fourth-order valence-corrected chi connectivity index (χ4v) is 4.07. The van der Waals surface area contributed by atoms with Crippen LogP contribution in [-0.4, -0.2) is 38.4 Å². The summed E-state index contributed by atoms with van der Waals surface area (Å²) in [7, 11) is 0. The van der Waals surface area contributed by atoms with Crippen molar-refractivity contribution in [1.82, 2.24) is 19.4 Å². The van der Waals surface area contributed by atoms with Crippen LogP contribution in [0, 0.1) is 0 Å². The Bertz CT molecular complexity index is 1120. The smallest absolute Gasteiger partial charge is 0.252 e. The SMILES string of the molecule is CCCn1c(=O)ccc2cnc(N[C@@H](C)c3ccc(CN4CCC(F)(F)CC4)cc3)nc21. The van der Waals surface area contributed by atoms with Crippen LogP contribution in [0.5, 0.6) is 0 Å². The first-order valence-electron chi connectivity index (χ1n) is 11.2. The predicted molar refractivity (Wildman–Crippen MR) is 122 cm³/mol. The number of rotatable bonds is 7. The van der Waals surface area contributed by atoms with Crippen molar-refractivity contribution in [2.75, 3.05) is 18.4 Å². The molecule has 1 aliphatic rings. The van der Waals surface area contributed by atoms with Crippen LogP contribution < -0.4 is 10.9 Å². The summed E-state index contributed by atoms with van der Waals surface area (Å²) in [4.78, 5) is 23.3. The second-order valence-corrected chi connectivity index (χ2v) is 8.54. The summed E-state index contributed by atoms with van der Waals surface area (Å²) >= 11 is 0. The molecule has 0 saturated carbocycles. The molecule has 6 nitrogen and oxygen atoms in total. The number of benzene rings is 1. The lowest BCUT2D eigenvalue weighted by Crippen LogP contribution is -2.38. The Labute approximate surface area is 186 Å². The summed E-state index contributed by atoms with van der Waals surface area (Å²) in [5.41, 5.74) is 2.75. The first kappa shape index (κ1) is 22.3. The van der Waals surface area contributed by atoms with Crippen molar-refractivity contribution in [3.8, 4) is 0 Å². The highest BCUT2D eigenvalue weighted by Gasteiger charge is 2.33. The average Bonchev–Trinajstić information content (AvgIpc) is 2.78. The lowest BCUT2D eigenvalue weighted by atomic mass is 10.0. The highest BCUT2D eigenvalue weighted by Crippen LogP contribution is 2.28. The van der Waals surface area contributed by atoms with E-state index in [4.69, 9.17) is 0 Å². The van der Waals surface area contributed by atoms with Gasteiger partial charge in [0.25, 0.3) is 11.5 Å². The van der Waals surface area contributed by atoms with Crippen molar-refractivity contribution in [1.29, 1.82) is 0 Å². The predicted octanol–water partition coefficient (Wildman–Crippen LogP) is 4.61. The zero-order valence-corrected chi connectivity index (χ0v) is 18.5. The minimum Gasteiger partial charge on any atom is -0.348 e. The zero-order valence-electron chi connectivity index (χ0n) is 18.5. The molecule has 1 aliphatic heterocycles. The molecule has 1 aromatic carbocycles. The van der Waals surface area contributed by atoms with Gasteiger partial charge in [-0.3, -0.25) is 14.3 Å². The Morgan fingerprint density at radius 3 is 2.53 bits per heavy atom. The van der Waals surface area contributed by atoms with Crippen LogP contribution in [0.3, 0.4) is 0 Å². The number of alkyl halides is 2. The molecule has 0 unspecified atom stereocenters. The molecule has 0 aliphatic carbocycles. The maximum absolute atomic E-state index is 13.3. The maximum Gasteiger partial charge on any atom is 0.252 e. The molecule has 8 heteroatoms. The van der Waals surface area contributed by atoms with E-state index in [2.05, 4.69) is 20.2 Å². The molecular formula is C24H29F2N5O. The van der Waals surface area contributed by atoms with Gasteiger partial charge in [-0.05, 0) is 30.5 Å². The lowest BCUT2D eigenvalue weighted by Gasteiger charge is -2.31. The second-order valence-electron chi connectivity index (χ2n) is 8.54. The highest BCUT2D eigenvalue weighted by molar-refractivity contribution is 5.75. The Balaban J connectivity index is 1.43. The molecule has 0 spiro atoms. The number of likely N-dealkylation sites (tertiary alicyclic amines) is 1. The van der Waals surface area contributed by atoms with Gasteiger partial charge in [0.1, 0.15) is 5.65 Å². The molecule has 0 radical (unpaired) electrons. The summed E-state index contributed by atoms with van der Waals surface area (Å²) in [6, 6.07) is 11.4. The first-order chi connectivity index (χ1) is 15.3. The van der Waals surface area contributed by atoms with Crippen LogP contribution >= 0.6 is 0 Å². The van der Waals surface area contributed by atoms with Crippen LogP contribution in [-0.2, 0) is 13.1 Å². The molecule has 3 heterocycles. The fraction of sp³-hybridized carbons (Fsp3) is 0.458. The van der Waals surface area contributed by atoms with Gasteiger partial charge in [-0.2, -0.15) is 4.98 Å². The molecule has 1 fully saturated rings. The topological polar surface area (TPSA) is 63.1 Å². The summed E-state index contributed by atoms with van der Waals surface area (Å²) < 4.78 is 28.4. The Morgan fingerprint density at radius 2 is 1.84 bits per heavy atom. The fourth-order valence-electron chi connectivity index (χ4n) is 4.07. The number of nitrogens with one attached hydrogen (secondary N) is 1. The van der Waals surface area contributed by atoms with Gasteiger partial charge in [-0.1, -0.05) is 31.2 Å². The van der Waals surface area contributed by atoms with Gasteiger partial charge >= 0.3 is 0 Å². The van der Waals surface area contributed by atoms with E-state index in [0.717, 1.165) is 22.9 Å². The van der Waals surface area contributed by atoms with Gasteiger partial charge in [-0.25, -0.2) is 13.8 Å². The minimum absolute atomic E-state index is 0.0368. The monoisotopic (exact) mass is 441 g/mol. The number of aromatic nitrogens is 3. The molecule has 0 amide bonds. The number of pyridine rings is 1. The largest absolute Gasteiger partial charge is 0.348 e. The summed E-state index contributed by atoms with van der Waals surface area (Å²) in [6.45, 7) is 6.20. The number of aryl methyl sites for hydroxylation is 1. The highest BCUT2D eigenvalue weighted by atomic mass is 19.3. The van der Waals surface area contributed by atoms with Gasteiger partial charge in [0.2, 0.25) is 5.95 Å². The van der Waals surface area contributed by atoms with Crippen molar-refractivity contribution >= 4 is 17.0 Å². The van der Waals surface area contributed by atoms with Crippen LogP contribution in [0.4, 0.5) is 14.7 Å². The molecule has 1 atom stereocenters. The molecule has 2 aromatic heterocycles. The number of nitrogens with zero attached hydrogens (tertiary/aromatic N) is 4. The van der Waals surface area contributed by atoms with Crippen LogP contribution in [0.1, 0.15) is 50.3 Å². The van der Waals surface area contributed by atoms with Gasteiger partial charge in [0, 0.05) is 56.7 Å². The normalized spacial score (nSPS) is 17.4. The van der Waals surface area contributed by atoms with Crippen molar-refractivity contribution < 1.29 is 8.78 Å².